The molecule has 7 nitrogen and oxygen atoms in total. The molecule has 8 heteroatoms. The summed E-state index contributed by atoms with van der Waals surface area (Å²) in [4.78, 5) is 26.3. The highest BCUT2D eigenvalue weighted by Gasteiger charge is 2.21. The number of carboxylic acids is 1. The molecule has 1 aromatic heterocycles. The first-order valence-electron chi connectivity index (χ1n) is 8.15. The molecule has 138 valence electrons. The Kier molecular flexibility index (Phi) is 5.36. The second-order valence-corrected chi connectivity index (χ2v) is 6.94. The van der Waals surface area contributed by atoms with Crippen LogP contribution in [0.1, 0.15) is 24.1 Å². The number of anilines is 1. The Labute approximate surface area is 163 Å². The normalized spacial score (nSPS) is 11.9. The van der Waals surface area contributed by atoms with Crippen LogP contribution >= 0.6 is 15.9 Å². The smallest absolute Gasteiger partial charge is 0.311 e. The average molecular weight is 430 g/mol. The lowest BCUT2D eigenvalue weighted by atomic mass is 10.0. The number of carbonyl (C=O) groups is 1. The van der Waals surface area contributed by atoms with Crippen LogP contribution in [0, 0.1) is 10.1 Å². The number of rotatable bonds is 6. The van der Waals surface area contributed by atoms with Gasteiger partial charge >= 0.3 is 11.7 Å². The minimum Gasteiger partial charge on any atom is -0.481 e. The van der Waals surface area contributed by atoms with E-state index in [4.69, 9.17) is 5.11 Å². The van der Waals surface area contributed by atoms with E-state index in [-0.39, 0.29) is 18.2 Å². The van der Waals surface area contributed by atoms with Gasteiger partial charge in [0.25, 0.3) is 0 Å². The van der Waals surface area contributed by atoms with E-state index in [1.54, 1.807) is 12.1 Å². The van der Waals surface area contributed by atoms with Crippen molar-refractivity contribution in [3.63, 3.8) is 0 Å². The topological polar surface area (TPSA) is 105 Å². The highest BCUT2D eigenvalue weighted by Crippen LogP contribution is 2.36. The molecule has 0 saturated carbocycles. The number of carboxylic acid groups (broad SMARTS) is 1. The van der Waals surface area contributed by atoms with Crippen molar-refractivity contribution in [2.75, 3.05) is 5.32 Å². The van der Waals surface area contributed by atoms with Gasteiger partial charge in [0, 0.05) is 15.9 Å². The van der Waals surface area contributed by atoms with Crippen molar-refractivity contribution in [2.24, 2.45) is 0 Å². The zero-order valence-electron chi connectivity index (χ0n) is 14.3. The van der Waals surface area contributed by atoms with Gasteiger partial charge in [0.05, 0.1) is 16.9 Å². The summed E-state index contributed by atoms with van der Waals surface area (Å²) in [6, 6.07) is 12.7. The van der Waals surface area contributed by atoms with Crippen LogP contribution in [0.4, 0.5) is 11.4 Å². The molecule has 0 aliphatic carbocycles. The van der Waals surface area contributed by atoms with Crippen LogP contribution in [0.2, 0.25) is 0 Å². The third-order valence-electron chi connectivity index (χ3n) is 4.21. The van der Waals surface area contributed by atoms with Gasteiger partial charge in [-0.05, 0) is 30.2 Å². The molecular weight excluding hydrogens is 414 g/mol. The van der Waals surface area contributed by atoms with Gasteiger partial charge in [-0.3, -0.25) is 14.9 Å². The van der Waals surface area contributed by atoms with Crippen LogP contribution in [0.25, 0.3) is 10.9 Å². The Bertz CT molecular complexity index is 1020. The third kappa shape index (κ3) is 4.06. The number of hydrogen-bond acceptors (Lipinski definition) is 5. The quantitative estimate of drug-likeness (QED) is 0.434. The number of pyridine rings is 1. The highest BCUT2D eigenvalue weighted by molar-refractivity contribution is 9.10. The number of nitro groups is 1. The molecule has 27 heavy (non-hydrogen) atoms. The molecule has 0 amide bonds. The average Bonchev–Trinajstić information content (AvgIpc) is 2.63. The summed E-state index contributed by atoms with van der Waals surface area (Å²) < 4.78 is 0.598. The molecule has 1 unspecified atom stereocenters. The Morgan fingerprint density at radius 2 is 2.04 bits per heavy atom. The number of aliphatic carboxylic acids is 1. The molecule has 0 fully saturated rings. The standard InChI is InChI=1S/C19H16BrN3O4/c1-11(12-5-3-2-4-6-12)22-19-14-7-13(8-18(24)25)15(20)9-16(14)21-10-17(19)23(26)27/h2-7,9-11H,8H2,1H3,(H,21,22)(H,24,25). The summed E-state index contributed by atoms with van der Waals surface area (Å²) in [7, 11) is 0. The van der Waals surface area contributed by atoms with E-state index in [0.717, 1.165) is 5.56 Å². The van der Waals surface area contributed by atoms with Crippen molar-refractivity contribution >= 4 is 44.2 Å². The predicted octanol–water partition coefficient (Wildman–Crippen LogP) is 4.71. The van der Waals surface area contributed by atoms with Crippen LogP contribution < -0.4 is 5.32 Å². The van der Waals surface area contributed by atoms with E-state index < -0.39 is 10.9 Å². The largest absolute Gasteiger partial charge is 0.481 e. The SMILES string of the molecule is CC(Nc1c([N+](=O)[O-])cnc2cc(Br)c(CC(=O)O)cc12)c1ccccc1. The number of fused-ring (bicyclic) bond motifs is 1. The van der Waals surface area contributed by atoms with Gasteiger partial charge in [-0.2, -0.15) is 0 Å². The van der Waals surface area contributed by atoms with Crippen molar-refractivity contribution in [3.8, 4) is 0 Å². The van der Waals surface area contributed by atoms with Gasteiger partial charge in [0.1, 0.15) is 11.9 Å². The van der Waals surface area contributed by atoms with Crippen LogP contribution in [0.5, 0.6) is 0 Å². The predicted molar refractivity (Wildman–Crippen MR) is 106 cm³/mol. The monoisotopic (exact) mass is 429 g/mol. The molecule has 0 saturated heterocycles. The summed E-state index contributed by atoms with van der Waals surface area (Å²) in [5.41, 5.74) is 2.19. The molecule has 3 rings (SSSR count). The number of nitrogens with one attached hydrogen (secondary N) is 1. The summed E-state index contributed by atoms with van der Waals surface area (Å²) in [6.07, 6.45) is 1.01. The van der Waals surface area contributed by atoms with Crippen molar-refractivity contribution in [1.29, 1.82) is 0 Å². The van der Waals surface area contributed by atoms with Crippen molar-refractivity contribution < 1.29 is 14.8 Å². The van der Waals surface area contributed by atoms with Crippen molar-refractivity contribution in [1.82, 2.24) is 4.98 Å². The zero-order chi connectivity index (χ0) is 19.6. The molecule has 1 atom stereocenters. The molecule has 0 radical (unpaired) electrons. The zero-order valence-corrected chi connectivity index (χ0v) is 15.9. The van der Waals surface area contributed by atoms with Gasteiger partial charge in [-0.15, -0.1) is 0 Å². The van der Waals surface area contributed by atoms with Crippen LogP contribution in [-0.4, -0.2) is 21.0 Å². The minimum atomic E-state index is -0.986. The first-order chi connectivity index (χ1) is 12.9. The van der Waals surface area contributed by atoms with Gasteiger partial charge in [0.2, 0.25) is 0 Å². The lowest BCUT2D eigenvalue weighted by Gasteiger charge is -2.18. The van der Waals surface area contributed by atoms with Gasteiger partial charge in [-0.1, -0.05) is 46.3 Å². The summed E-state index contributed by atoms with van der Waals surface area (Å²) in [5.74, 6) is -0.986. The maximum absolute atomic E-state index is 11.5. The Hall–Kier alpha value is -3.00. The van der Waals surface area contributed by atoms with E-state index in [9.17, 15) is 14.9 Å². The molecule has 0 aliphatic rings. The fourth-order valence-corrected chi connectivity index (χ4v) is 3.35. The summed E-state index contributed by atoms with van der Waals surface area (Å²) in [5, 5.41) is 24.4. The molecule has 2 N–H and O–H groups in total. The molecule has 2 aromatic carbocycles. The summed E-state index contributed by atoms with van der Waals surface area (Å²) >= 11 is 3.35. The van der Waals surface area contributed by atoms with Crippen molar-refractivity contribution in [3.05, 3.63) is 74.4 Å². The first kappa shape index (κ1) is 18.8. The molecule has 0 aliphatic heterocycles. The van der Waals surface area contributed by atoms with E-state index in [2.05, 4.69) is 26.2 Å². The number of aromatic nitrogens is 1. The number of hydrogen-bond donors (Lipinski definition) is 2. The highest BCUT2D eigenvalue weighted by atomic mass is 79.9. The molecular formula is C19H16BrN3O4. The van der Waals surface area contributed by atoms with E-state index in [1.165, 1.54) is 6.20 Å². The van der Waals surface area contributed by atoms with E-state index in [1.807, 2.05) is 37.3 Å². The maximum Gasteiger partial charge on any atom is 0.311 e. The lowest BCUT2D eigenvalue weighted by molar-refractivity contribution is -0.384. The number of benzene rings is 2. The third-order valence-corrected chi connectivity index (χ3v) is 4.95. The second kappa shape index (κ2) is 7.71. The Balaban J connectivity index is 2.15. The second-order valence-electron chi connectivity index (χ2n) is 6.08. The van der Waals surface area contributed by atoms with Gasteiger partial charge < -0.3 is 10.4 Å². The van der Waals surface area contributed by atoms with Gasteiger partial charge in [-0.25, -0.2) is 4.98 Å². The van der Waals surface area contributed by atoms with Crippen LogP contribution in [0.3, 0.4) is 0 Å². The number of halogens is 1. The summed E-state index contributed by atoms with van der Waals surface area (Å²) in [6.45, 7) is 1.91. The molecule has 1 heterocycles. The van der Waals surface area contributed by atoms with Crippen LogP contribution in [-0.2, 0) is 11.2 Å². The van der Waals surface area contributed by atoms with E-state index >= 15 is 0 Å². The fourth-order valence-electron chi connectivity index (χ4n) is 2.88. The number of nitrogens with zero attached hydrogens (tertiary/aromatic N) is 2. The van der Waals surface area contributed by atoms with Crippen molar-refractivity contribution in [2.45, 2.75) is 19.4 Å². The fraction of sp³-hybridized carbons (Fsp3) is 0.158. The lowest BCUT2D eigenvalue weighted by Crippen LogP contribution is -2.10. The van der Waals surface area contributed by atoms with Gasteiger partial charge in [0.15, 0.2) is 0 Å². The molecule has 0 spiro atoms. The molecule has 3 aromatic rings. The maximum atomic E-state index is 11.5. The Morgan fingerprint density at radius 1 is 1.33 bits per heavy atom. The minimum absolute atomic E-state index is 0.158. The van der Waals surface area contributed by atoms with E-state index in [0.29, 0.717) is 26.6 Å². The first-order valence-corrected chi connectivity index (χ1v) is 8.95. The van der Waals surface area contributed by atoms with Crippen LogP contribution in [0.15, 0.2) is 53.1 Å². The Morgan fingerprint density at radius 3 is 2.67 bits per heavy atom. The molecule has 0 bridgehead atoms.